The molecule has 0 radical (unpaired) electrons. The monoisotopic (exact) mass is 758 g/mol. The van der Waals surface area contributed by atoms with Crippen LogP contribution in [-0.2, 0) is 26.5 Å². The summed E-state index contributed by atoms with van der Waals surface area (Å²) in [6, 6.07) is 35.0. The Kier molecular flexibility index (Phi) is 6.50. The number of aryl methyl sites for hydroxylation is 2. The summed E-state index contributed by atoms with van der Waals surface area (Å²) in [5.74, 6) is 1.35. The molecule has 224 valence electrons. The van der Waals surface area contributed by atoms with Gasteiger partial charge in [0, 0.05) is 67.4 Å². The molecular formula is C38H35N4OPt-. The zero-order chi connectivity index (χ0) is 29.7. The second kappa shape index (κ2) is 9.87. The first-order valence-corrected chi connectivity index (χ1v) is 14.9. The Hall–Kier alpha value is -3.76. The molecule has 0 saturated carbocycles. The Bertz CT molecular complexity index is 2050. The van der Waals surface area contributed by atoms with Crippen molar-refractivity contribution in [2.24, 2.45) is 0 Å². The second-order valence-electron chi connectivity index (χ2n) is 13.4. The van der Waals surface area contributed by atoms with E-state index in [2.05, 4.69) is 126 Å². The summed E-state index contributed by atoms with van der Waals surface area (Å²) in [5, 5.41) is 2.29. The van der Waals surface area contributed by atoms with Gasteiger partial charge in [-0.05, 0) is 48.6 Å². The molecule has 0 unspecified atom stereocenters. The van der Waals surface area contributed by atoms with Gasteiger partial charge in [0.2, 0.25) is 0 Å². The normalized spacial score (nSPS) is 20.3. The van der Waals surface area contributed by atoms with E-state index in [0.29, 0.717) is 16.0 Å². The van der Waals surface area contributed by atoms with E-state index >= 15 is 0 Å². The fourth-order valence-electron chi connectivity index (χ4n) is 6.95. The fourth-order valence-corrected chi connectivity index (χ4v) is 6.95. The predicted octanol–water partition coefficient (Wildman–Crippen LogP) is 9.16. The molecule has 0 aliphatic carbocycles. The van der Waals surface area contributed by atoms with Crippen molar-refractivity contribution < 1.29 is 25.8 Å². The van der Waals surface area contributed by atoms with Crippen molar-refractivity contribution in [3.63, 3.8) is 0 Å². The number of quaternary nitrogens is 2. The molecular weight excluding hydrogens is 724 g/mol. The largest absolute Gasteiger partial charge is 0.509 e. The molecule has 6 heteroatoms. The fraction of sp³-hybridized carbons (Fsp3) is 0.211. The first-order valence-electron chi connectivity index (χ1n) is 14.9. The third kappa shape index (κ3) is 4.21. The van der Waals surface area contributed by atoms with Crippen LogP contribution in [0.3, 0.4) is 0 Å². The molecule has 1 saturated heterocycles. The SMILES string of the molecule is Cc1cc2c(cc1C)[N@@+]1(C)[CH-][N@+]2(c2[c-]c(Oc3[c-]c(-n4c5ccccc5c5cccnc54)ccc3)cc(C(C)(C)C)c2)C1.[Pt]. The molecule has 5 heterocycles. The van der Waals surface area contributed by atoms with E-state index in [1.54, 1.807) is 0 Å². The Labute approximate surface area is 273 Å². The van der Waals surface area contributed by atoms with Crippen molar-refractivity contribution >= 4 is 39.0 Å². The number of aromatic nitrogens is 2. The van der Waals surface area contributed by atoms with Crippen LogP contribution in [0.15, 0.2) is 85.1 Å². The number of hydrogen-bond acceptors (Lipinski definition) is 2. The maximum atomic E-state index is 6.62. The molecule has 4 aromatic carbocycles. The maximum absolute atomic E-state index is 6.62. The molecule has 1 fully saturated rings. The Morgan fingerprint density at radius 1 is 0.841 bits per heavy atom. The first kappa shape index (κ1) is 29.0. The van der Waals surface area contributed by atoms with Crippen LogP contribution in [0, 0.1) is 32.6 Å². The van der Waals surface area contributed by atoms with Crippen molar-refractivity contribution in [1.29, 1.82) is 0 Å². The summed E-state index contributed by atoms with van der Waals surface area (Å²) in [6.45, 7) is 14.5. The van der Waals surface area contributed by atoms with Gasteiger partial charge in [0.1, 0.15) is 5.65 Å². The van der Waals surface area contributed by atoms with Gasteiger partial charge in [-0.15, -0.1) is 35.9 Å². The van der Waals surface area contributed by atoms with E-state index in [-0.39, 0.29) is 26.5 Å². The molecule has 2 bridgehead atoms. The van der Waals surface area contributed by atoms with E-state index in [1.807, 2.05) is 24.4 Å². The van der Waals surface area contributed by atoms with Crippen LogP contribution in [0.1, 0.15) is 37.5 Å². The quantitative estimate of drug-likeness (QED) is 0.133. The summed E-state index contributed by atoms with van der Waals surface area (Å²) >= 11 is 0. The van der Waals surface area contributed by atoms with Crippen molar-refractivity contribution in [3.05, 3.63) is 121 Å². The van der Waals surface area contributed by atoms with Crippen LogP contribution >= 0.6 is 0 Å². The zero-order valence-corrected chi connectivity index (χ0v) is 28.2. The van der Waals surface area contributed by atoms with Gasteiger partial charge >= 0.3 is 0 Å². The van der Waals surface area contributed by atoms with Crippen LogP contribution in [0.4, 0.5) is 17.1 Å². The van der Waals surface area contributed by atoms with Gasteiger partial charge in [-0.3, -0.25) is 0 Å². The third-order valence-corrected chi connectivity index (χ3v) is 9.31. The first-order chi connectivity index (χ1) is 20.6. The Morgan fingerprint density at radius 2 is 1.57 bits per heavy atom. The van der Waals surface area contributed by atoms with Crippen LogP contribution in [0.5, 0.6) is 11.5 Å². The van der Waals surface area contributed by atoms with Crippen LogP contribution in [0.2, 0.25) is 0 Å². The standard InChI is InChI=1S/C38H35N4O.Pt/c1-25-17-35-36(18-26(25)2)42(23-41(35,6)24-42)29-19-27(38(3,4)5)20-31(22-29)43-30-12-9-11-28(21-30)40-34-15-8-7-13-32(34)33-14-10-16-39-37(33)40;/h7-20,23H,24H2,1-6H3;/q-1;/t41-,42+;/m0./s1. The van der Waals surface area contributed by atoms with E-state index in [4.69, 9.17) is 9.72 Å². The minimum Gasteiger partial charge on any atom is -0.509 e. The van der Waals surface area contributed by atoms with Crippen LogP contribution in [-0.4, -0.2) is 23.3 Å². The smallest absolute Gasteiger partial charge is 0.179 e. The van der Waals surface area contributed by atoms with Gasteiger partial charge in [0.25, 0.3) is 0 Å². The number of pyridine rings is 1. The number of hydrogen-bond donors (Lipinski definition) is 0. The van der Waals surface area contributed by atoms with Gasteiger partial charge in [-0.25, -0.2) is 4.98 Å². The second-order valence-corrected chi connectivity index (χ2v) is 13.4. The third-order valence-electron chi connectivity index (χ3n) is 9.31. The summed E-state index contributed by atoms with van der Waals surface area (Å²) in [6.07, 6.45) is 1.84. The van der Waals surface area contributed by atoms with E-state index in [1.165, 1.54) is 33.5 Å². The number of fused-ring (bicyclic) bond motifs is 3. The van der Waals surface area contributed by atoms with Crippen LogP contribution < -0.4 is 13.7 Å². The number of nitrogens with zero attached hydrogens (tertiary/aromatic N) is 4. The maximum Gasteiger partial charge on any atom is 0.179 e. The number of benzene rings is 4. The van der Waals surface area contributed by atoms with Crippen molar-refractivity contribution in [3.8, 4) is 17.2 Å². The molecule has 0 spiro atoms. The van der Waals surface area contributed by atoms with Gasteiger partial charge in [-0.1, -0.05) is 50.7 Å². The zero-order valence-electron chi connectivity index (χ0n) is 25.9. The number of ether oxygens (including phenoxy) is 1. The summed E-state index contributed by atoms with van der Waals surface area (Å²) < 4.78 is 10.3. The molecule has 5 nitrogen and oxygen atoms in total. The van der Waals surface area contributed by atoms with Gasteiger partial charge in [0.05, 0.1) is 19.2 Å². The topological polar surface area (TPSA) is 27.1 Å². The molecule has 44 heavy (non-hydrogen) atoms. The minimum atomic E-state index is -0.0603. The number of para-hydroxylation sites is 1. The molecule has 3 aliphatic heterocycles. The summed E-state index contributed by atoms with van der Waals surface area (Å²) in [5.41, 5.74) is 10.5. The predicted molar refractivity (Wildman–Crippen MR) is 176 cm³/mol. The van der Waals surface area contributed by atoms with E-state index in [0.717, 1.165) is 39.1 Å². The molecule has 6 aromatic rings. The van der Waals surface area contributed by atoms with Crippen molar-refractivity contribution in [2.45, 2.75) is 40.0 Å². The minimum absolute atomic E-state index is 0. The molecule has 0 amide bonds. The molecule has 2 aromatic heterocycles. The van der Waals surface area contributed by atoms with Gasteiger partial charge in [-0.2, -0.15) is 6.07 Å². The van der Waals surface area contributed by atoms with Crippen molar-refractivity contribution in [2.75, 3.05) is 13.7 Å². The van der Waals surface area contributed by atoms with Crippen LogP contribution in [0.25, 0.3) is 27.6 Å². The van der Waals surface area contributed by atoms with Gasteiger partial charge < -0.3 is 18.3 Å². The summed E-state index contributed by atoms with van der Waals surface area (Å²) in [4.78, 5) is 4.74. The number of rotatable bonds is 4. The molecule has 2 atom stereocenters. The molecule has 9 rings (SSSR count). The van der Waals surface area contributed by atoms with Crippen molar-refractivity contribution in [1.82, 2.24) is 18.5 Å². The average molecular weight is 759 g/mol. The Balaban J connectivity index is 0.00000312. The summed E-state index contributed by atoms with van der Waals surface area (Å²) in [7, 11) is 2.30. The average Bonchev–Trinajstić information content (AvgIpc) is 3.51. The molecule has 0 N–H and O–H groups in total. The van der Waals surface area contributed by atoms with E-state index in [9.17, 15) is 0 Å². The van der Waals surface area contributed by atoms with E-state index < -0.39 is 0 Å². The van der Waals surface area contributed by atoms with Gasteiger partial charge in [0.15, 0.2) is 18.0 Å². The Morgan fingerprint density at radius 3 is 2.34 bits per heavy atom. The molecule has 3 aliphatic rings.